The third kappa shape index (κ3) is 3.43. The maximum absolute atomic E-state index is 4.77. The second-order valence-electron chi connectivity index (χ2n) is 5.48. The Morgan fingerprint density at radius 2 is 1.76 bits per heavy atom. The smallest absolute Gasteiger partial charge is 0.162 e. The first-order chi connectivity index (χ1) is 12.3. The average molecular weight is 439 g/mol. The largest absolute Gasteiger partial charge is 0.340 e. The Bertz CT molecular complexity index is 1020. The van der Waals surface area contributed by atoms with Crippen molar-refractivity contribution in [3.05, 3.63) is 72.8 Å². The molecule has 122 valence electrons. The molecular formula is C19H14IN5. The van der Waals surface area contributed by atoms with E-state index in [-0.39, 0.29) is 0 Å². The van der Waals surface area contributed by atoms with Crippen LogP contribution in [-0.4, -0.2) is 19.9 Å². The lowest BCUT2D eigenvalue weighted by Crippen LogP contribution is -2.00. The van der Waals surface area contributed by atoms with Gasteiger partial charge >= 0.3 is 0 Å². The lowest BCUT2D eigenvalue weighted by Gasteiger charge is -2.11. The molecule has 0 aliphatic rings. The van der Waals surface area contributed by atoms with Crippen LogP contribution in [0.15, 0.2) is 67.3 Å². The maximum Gasteiger partial charge on any atom is 0.162 e. The number of nitrogens with zero attached hydrogens (tertiary/aromatic N) is 4. The molecule has 0 unspecified atom stereocenters. The van der Waals surface area contributed by atoms with Gasteiger partial charge in [0.2, 0.25) is 0 Å². The number of rotatable bonds is 4. The number of benzene rings is 1. The van der Waals surface area contributed by atoms with E-state index in [0.29, 0.717) is 5.82 Å². The fraction of sp³-hybridized carbons (Fsp3) is 0.0526. The Hall–Kier alpha value is -2.61. The van der Waals surface area contributed by atoms with Gasteiger partial charge in [-0.25, -0.2) is 9.97 Å². The van der Waals surface area contributed by atoms with E-state index >= 15 is 0 Å². The van der Waals surface area contributed by atoms with Gasteiger partial charge in [0.1, 0.15) is 5.82 Å². The third-order valence-electron chi connectivity index (χ3n) is 3.78. The topological polar surface area (TPSA) is 63.6 Å². The Kier molecular flexibility index (Phi) is 4.51. The molecule has 4 rings (SSSR count). The van der Waals surface area contributed by atoms with E-state index in [4.69, 9.17) is 9.97 Å². The SMILES string of the molecule is ICc1cccc(-c2nc(Nc3ccncc3)c3ccncc3n2)c1. The predicted molar refractivity (Wildman–Crippen MR) is 108 cm³/mol. The lowest BCUT2D eigenvalue weighted by molar-refractivity contribution is 1.20. The molecule has 0 fully saturated rings. The van der Waals surface area contributed by atoms with Crippen molar-refractivity contribution in [1.29, 1.82) is 0 Å². The van der Waals surface area contributed by atoms with E-state index in [9.17, 15) is 0 Å². The highest BCUT2D eigenvalue weighted by Crippen LogP contribution is 2.27. The molecule has 1 N–H and O–H groups in total. The van der Waals surface area contributed by atoms with Crippen molar-refractivity contribution in [2.75, 3.05) is 5.32 Å². The Morgan fingerprint density at radius 3 is 2.60 bits per heavy atom. The van der Waals surface area contributed by atoms with Gasteiger partial charge in [-0.15, -0.1) is 0 Å². The molecule has 0 aliphatic heterocycles. The number of hydrogen-bond acceptors (Lipinski definition) is 5. The van der Waals surface area contributed by atoms with Crippen molar-refractivity contribution in [2.45, 2.75) is 4.43 Å². The minimum Gasteiger partial charge on any atom is -0.340 e. The van der Waals surface area contributed by atoms with E-state index in [1.165, 1.54) is 5.56 Å². The van der Waals surface area contributed by atoms with Crippen molar-refractivity contribution in [2.24, 2.45) is 0 Å². The Morgan fingerprint density at radius 1 is 0.920 bits per heavy atom. The van der Waals surface area contributed by atoms with Gasteiger partial charge in [-0.3, -0.25) is 9.97 Å². The zero-order chi connectivity index (χ0) is 17.1. The fourth-order valence-corrected chi connectivity index (χ4v) is 3.05. The summed E-state index contributed by atoms with van der Waals surface area (Å²) in [4.78, 5) is 17.7. The molecule has 25 heavy (non-hydrogen) atoms. The first-order valence-corrected chi connectivity index (χ1v) is 9.30. The van der Waals surface area contributed by atoms with Crippen LogP contribution in [-0.2, 0) is 4.43 Å². The molecule has 0 atom stereocenters. The van der Waals surface area contributed by atoms with Gasteiger partial charge < -0.3 is 5.32 Å². The second kappa shape index (κ2) is 7.10. The summed E-state index contributed by atoms with van der Waals surface area (Å²) >= 11 is 2.36. The van der Waals surface area contributed by atoms with E-state index in [1.54, 1.807) is 24.8 Å². The molecule has 6 heteroatoms. The van der Waals surface area contributed by atoms with Crippen LogP contribution in [0.25, 0.3) is 22.3 Å². The standard InChI is InChI=1S/C19H14IN5/c20-11-13-2-1-3-14(10-13)18-24-17-12-22-9-6-16(17)19(25-18)23-15-4-7-21-8-5-15/h1-10,12H,11H2,(H,21,23,24,25). The number of fused-ring (bicyclic) bond motifs is 1. The van der Waals surface area contributed by atoms with Crippen molar-refractivity contribution in [1.82, 2.24) is 19.9 Å². The molecule has 0 aliphatic carbocycles. The van der Waals surface area contributed by atoms with Gasteiger partial charge in [0.15, 0.2) is 5.82 Å². The van der Waals surface area contributed by atoms with Crippen molar-refractivity contribution >= 4 is 45.0 Å². The van der Waals surface area contributed by atoms with Crippen LogP contribution >= 0.6 is 22.6 Å². The summed E-state index contributed by atoms with van der Waals surface area (Å²) in [6, 6.07) is 14.0. The molecule has 0 saturated carbocycles. The molecule has 0 radical (unpaired) electrons. The minimum atomic E-state index is 0.684. The van der Waals surface area contributed by atoms with Gasteiger partial charge in [0.05, 0.1) is 11.7 Å². The van der Waals surface area contributed by atoms with Crippen LogP contribution in [0.5, 0.6) is 0 Å². The summed E-state index contributed by atoms with van der Waals surface area (Å²) in [6.07, 6.45) is 7.01. The molecule has 0 amide bonds. The van der Waals surface area contributed by atoms with Gasteiger partial charge in [0, 0.05) is 39.7 Å². The first-order valence-electron chi connectivity index (χ1n) is 7.77. The number of aromatic nitrogens is 4. The summed E-state index contributed by atoms with van der Waals surface area (Å²) in [5.74, 6) is 1.44. The summed E-state index contributed by atoms with van der Waals surface area (Å²) in [5.41, 5.74) is 3.98. The third-order valence-corrected chi connectivity index (χ3v) is 4.66. The molecule has 5 nitrogen and oxygen atoms in total. The highest BCUT2D eigenvalue weighted by Gasteiger charge is 2.10. The fourth-order valence-electron chi connectivity index (χ4n) is 2.57. The number of anilines is 2. The molecule has 0 bridgehead atoms. The molecule has 3 heterocycles. The van der Waals surface area contributed by atoms with E-state index in [0.717, 1.165) is 32.4 Å². The van der Waals surface area contributed by atoms with Crippen LogP contribution < -0.4 is 5.32 Å². The molecule has 0 saturated heterocycles. The van der Waals surface area contributed by atoms with Crippen LogP contribution in [0.1, 0.15) is 5.56 Å². The van der Waals surface area contributed by atoms with Crippen LogP contribution in [0, 0.1) is 0 Å². The Labute approximate surface area is 158 Å². The number of halogens is 1. The quantitative estimate of drug-likeness (QED) is 0.367. The average Bonchev–Trinajstić information content (AvgIpc) is 2.69. The lowest BCUT2D eigenvalue weighted by atomic mass is 10.1. The summed E-state index contributed by atoms with van der Waals surface area (Å²) in [5, 5.41) is 4.30. The summed E-state index contributed by atoms with van der Waals surface area (Å²) in [6.45, 7) is 0. The van der Waals surface area contributed by atoms with Crippen molar-refractivity contribution in [3.63, 3.8) is 0 Å². The Balaban J connectivity index is 1.86. The zero-order valence-electron chi connectivity index (χ0n) is 13.2. The normalized spacial score (nSPS) is 10.8. The van der Waals surface area contributed by atoms with Gasteiger partial charge in [-0.2, -0.15) is 0 Å². The summed E-state index contributed by atoms with van der Waals surface area (Å²) < 4.78 is 0.947. The first kappa shape index (κ1) is 15.9. The zero-order valence-corrected chi connectivity index (χ0v) is 15.4. The minimum absolute atomic E-state index is 0.684. The molecule has 3 aromatic heterocycles. The highest BCUT2D eigenvalue weighted by molar-refractivity contribution is 14.1. The molecule has 4 aromatic rings. The van der Waals surface area contributed by atoms with Crippen LogP contribution in [0.4, 0.5) is 11.5 Å². The number of pyridine rings is 2. The van der Waals surface area contributed by atoms with E-state index in [2.05, 4.69) is 50.0 Å². The van der Waals surface area contributed by atoms with Crippen molar-refractivity contribution < 1.29 is 0 Å². The molecule has 0 spiro atoms. The molecular weight excluding hydrogens is 425 g/mol. The van der Waals surface area contributed by atoms with Gasteiger partial charge in [-0.05, 0) is 29.8 Å². The summed E-state index contributed by atoms with van der Waals surface area (Å²) in [7, 11) is 0. The van der Waals surface area contributed by atoms with Crippen LogP contribution in [0.3, 0.4) is 0 Å². The highest BCUT2D eigenvalue weighted by atomic mass is 127. The van der Waals surface area contributed by atoms with E-state index in [1.807, 2.05) is 30.3 Å². The number of nitrogens with one attached hydrogen (secondary N) is 1. The van der Waals surface area contributed by atoms with Gasteiger partial charge in [0.25, 0.3) is 0 Å². The van der Waals surface area contributed by atoms with Crippen molar-refractivity contribution in [3.8, 4) is 11.4 Å². The van der Waals surface area contributed by atoms with Gasteiger partial charge in [-0.1, -0.05) is 40.8 Å². The van der Waals surface area contributed by atoms with Crippen LogP contribution in [0.2, 0.25) is 0 Å². The molecule has 1 aromatic carbocycles. The maximum atomic E-state index is 4.77. The second-order valence-corrected chi connectivity index (χ2v) is 6.25. The van der Waals surface area contributed by atoms with E-state index < -0.39 is 0 Å². The number of hydrogen-bond donors (Lipinski definition) is 1. The monoisotopic (exact) mass is 439 g/mol. The number of alkyl halides is 1. The predicted octanol–water partition coefficient (Wildman–Crippen LogP) is 4.77.